The van der Waals surface area contributed by atoms with Gasteiger partial charge in [0.05, 0.1) is 12.5 Å². The lowest BCUT2D eigenvalue weighted by molar-refractivity contribution is -0.147. The Balaban J connectivity index is 2.41. The normalized spacial score (nSPS) is 20.8. The molecule has 4 nitrogen and oxygen atoms in total. The zero-order valence-corrected chi connectivity index (χ0v) is 9.49. The van der Waals surface area contributed by atoms with Crippen molar-refractivity contribution < 1.29 is 14.3 Å². The van der Waals surface area contributed by atoms with E-state index in [0.717, 1.165) is 19.4 Å². The highest BCUT2D eigenvalue weighted by atomic mass is 16.5. The fraction of sp³-hybridized carbons (Fsp3) is 0.818. The number of nitrogens with zero attached hydrogens (tertiary/aromatic N) is 1. The molecule has 1 saturated heterocycles. The van der Waals surface area contributed by atoms with Gasteiger partial charge in [0.25, 0.3) is 0 Å². The van der Waals surface area contributed by atoms with Crippen molar-refractivity contribution in [1.29, 1.82) is 0 Å². The van der Waals surface area contributed by atoms with Gasteiger partial charge >= 0.3 is 5.97 Å². The zero-order chi connectivity index (χ0) is 11.3. The Morgan fingerprint density at radius 2 is 2.27 bits per heavy atom. The van der Waals surface area contributed by atoms with Crippen LogP contribution in [0.4, 0.5) is 0 Å². The van der Waals surface area contributed by atoms with Crippen LogP contribution >= 0.6 is 0 Å². The second-order valence-electron chi connectivity index (χ2n) is 3.85. The summed E-state index contributed by atoms with van der Waals surface area (Å²) >= 11 is 0. The molecule has 1 atom stereocenters. The monoisotopic (exact) mass is 213 g/mol. The number of amides is 1. The molecule has 0 aromatic carbocycles. The molecule has 86 valence electrons. The van der Waals surface area contributed by atoms with Crippen LogP contribution in [0.5, 0.6) is 0 Å². The van der Waals surface area contributed by atoms with Crippen molar-refractivity contribution in [2.45, 2.75) is 33.1 Å². The van der Waals surface area contributed by atoms with E-state index in [4.69, 9.17) is 4.74 Å². The van der Waals surface area contributed by atoms with E-state index in [9.17, 15) is 9.59 Å². The molecule has 1 heterocycles. The predicted molar refractivity (Wildman–Crippen MR) is 56.2 cm³/mol. The van der Waals surface area contributed by atoms with E-state index >= 15 is 0 Å². The van der Waals surface area contributed by atoms with Gasteiger partial charge in [-0.2, -0.15) is 0 Å². The molecule has 0 saturated carbocycles. The van der Waals surface area contributed by atoms with Crippen molar-refractivity contribution in [3.8, 4) is 0 Å². The Bertz CT molecular complexity index is 240. The molecule has 0 N–H and O–H groups in total. The van der Waals surface area contributed by atoms with Gasteiger partial charge in [0.15, 0.2) is 0 Å². The van der Waals surface area contributed by atoms with E-state index in [2.05, 4.69) is 6.92 Å². The van der Waals surface area contributed by atoms with Crippen molar-refractivity contribution in [2.24, 2.45) is 5.92 Å². The van der Waals surface area contributed by atoms with Gasteiger partial charge in [-0.1, -0.05) is 13.3 Å². The Hall–Kier alpha value is -1.06. The predicted octanol–water partition coefficient (Wildman–Crippen LogP) is 1.20. The Labute approximate surface area is 90.6 Å². The van der Waals surface area contributed by atoms with E-state index < -0.39 is 0 Å². The van der Waals surface area contributed by atoms with Crippen molar-refractivity contribution in [3.63, 3.8) is 0 Å². The van der Waals surface area contributed by atoms with Crippen LogP contribution in [0.3, 0.4) is 0 Å². The molecule has 1 amide bonds. The third kappa shape index (κ3) is 3.22. The number of carbonyl (C=O) groups is 2. The molecule has 0 aliphatic carbocycles. The molecule has 1 rings (SSSR count). The summed E-state index contributed by atoms with van der Waals surface area (Å²) in [6.45, 7) is 5.56. The number of ether oxygens (including phenoxy) is 1. The number of hydrogen-bond acceptors (Lipinski definition) is 3. The fourth-order valence-electron chi connectivity index (χ4n) is 1.76. The van der Waals surface area contributed by atoms with Gasteiger partial charge in [0.1, 0.15) is 0 Å². The van der Waals surface area contributed by atoms with Crippen molar-refractivity contribution in [2.75, 3.05) is 19.7 Å². The number of unbranched alkanes of at least 4 members (excludes halogenated alkanes) is 1. The first-order valence-corrected chi connectivity index (χ1v) is 5.63. The lowest BCUT2D eigenvalue weighted by atomic mass is 10.1. The quantitative estimate of drug-likeness (QED) is 0.645. The Morgan fingerprint density at radius 1 is 1.53 bits per heavy atom. The summed E-state index contributed by atoms with van der Waals surface area (Å²) in [4.78, 5) is 24.7. The number of esters is 1. The summed E-state index contributed by atoms with van der Waals surface area (Å²) in [7, 11) is 0. The maximum absolute atomic E-state index is 11.5. The molecular weight excluding hydrogens is 194 g/mol. The second-order valence-corrected chi connectivity index (χ2v) is 3.85. The number of rotatable bonds is 5. The molecule has 1 fully saturated rings. The summed E-state index contributed by atoms with van der Waals surface area (Å²) < 4.78 is 4.91. The third-order valence-corrected chi connectivity index (χ3v) is 2.62. The van der Waals surface area contributed by atoms with Crippen molar-refractivity contribution in [3.05, 3.63) is 0 Å². The van der Waals surface area contributed by atoms with Gasteiger partial charge in [0, 0.05) is 19.5 Å². The van der Waals surface area contributed by atoms with Crippen LogP contribution in [0.15, 0.2) is 0 Å². The Morgan fingerprint density at radius 3 is 2.87 bits per heavy atom. The average Bonchev–Trinajstić information content (AvgIpc) is 2.57. The van der Waals surface area contributed by atoms with Crippen molar-refractivity contribution >= 4 is 11.9 Å². The first-order chi connectivity index (χ1) is 7.19. The van der Waals surface area contributed by atoms with E-state index in [1.165, 1.54) is 0 Å². The van der Waals surface area contributed by atoms with E-state index in [1.54, 1.807) is 11.8 Å². The largest absolute Gasteiger partial charge is 0.466 e. The summed E-state index contributed by atoms with van der Waals surface area (Å²) in [5.74, 6) is -0.388. The highest BCUT2D eigenvalue weighted by molar-refractivity contribution is 5.86. The van der Waals surface area contributed by atoms with Gasteiger partial charge in [-0.05, 0) is 13.3 Å². The first kappa shape index (κ1) is 12.0. The summed E-state index contributed by atoms with van der Waals surface area (Å²) in [6, 6.07) is 0. The van der Waals surface area contributed by atoms with E-state index in [0.29, 0.717) is 19.6 Å². The lowest BCUT2D eigenvalue weighted by Gasteiger charge is -2.15. The van der Waals surface area contributed by atoms with Gasteiger partial charge in [-0.3, -0.25) is 9.59 Å². The van der Waals surface area contributed by atoms with Crippen LogP contribution in [0.25, 0.3) is 0 Å². The molecule has 0 bridgehead atoms. The van der Waals surface area contributed by atoms with Crippen LogP contribution in [-0.2, 0) is 14.3 Å². The zero-order valence-electron chi connectivity index (χ0n) is 9.49. The van der Waals surface area contributed by atoms with Crippen LogP contribution in [-0.4, -0.2) is 36.5 Å². The topological polar surface area (TPSA) is 46.6 Å². The van der Waals surface area contributed by atoms with Gasteiger partial charge in [0.2, 0.25) is 5.91 Å². The molecule has 1 unspecified atom stereocenters. The summed E-state index contributed by atoms with van der Waals surface area (Å²) in [5, 5.41) is 0. The second kappa shape index (κ2) is 5.73. The fourth-order valence-corrected chi connectivity index (χ4v) is 1.76. The maximum Gasteiger partial charge on any atom is 0.311 e. The van der Waals surface area contributed by atoms with Crippen molar-refractivity contribution in [1.82, 2.24) is 4.90 Å². The van der Waals surface area contributed by atoms with Gasteiger partial charge in [-0.25, -0.2) is 0 Å². The van der Waals surface area contributed by atoms with Crippen LogP contribution < -0.4 is 0 Å². The highest BCUT2D eigenvalue weighted by Gasteiger charge is 2.34. The van der Waals surface area contributed by atoms with Gasteiger partial charge in [-0.15, -0.1) is 0 Å². The molecule has 15 heavy (non-hydrogen) atoms. The molecule has 4 heteroatoms. The maximum atomic E-state index is 11.5. The van der Waals surface area contributed by atoms with Crippen LogP contribution in [0.1, 0.15) is 33.1 Å². The minimum atomic E-state index is -0.241. The van der Waals surface area contributed by atoms with E-state index in [-0.39, 0.29) is 17.8 Å². The lowest BCUT2D eigenvalue weighted by Crippen LogP contribution is -2.27. The number of carbonyl (C=O) groups excluding carboxylic acids is 2. The molecule has 1 aliphatic heterocycles. The molecule has 0 radical (unpaired) electrons. The highest BCUT2D eigenvalue weighted by Crippen LogP contribution is 2.19. The third-order valence-electron chi connectivity index (χ3n) is 2.62. The number of hydrogen-bond donors (Lipinski definition) is 0. The minimum Gasteiger partial charge on any atom is -0.466 e. The molecule has 0 spiro atoms. The smallest absolute Gasteiger partial charge is 0.311 e. The molecule has 0 aromatic heterocycles. The minimum absolute atomic E-state index is 0.0847. The summed E-state index contributed by atoms with van der Waals surface area (Å²) in [5.41, 5.74) is 0. The molecular formula is C11H19NO3. The van der Waals surface area contributed by atoms with Crippen LogP contribution in [0.2, 0.25) is 0 Å². The summed E-state index contributed by atoms with van der Waals surface area (Å²) in [6.07, 6.45) is 2.39. The SMILES string of the molecule is CCCCN1CC(C(=O)OCC)CC1=O. The first-order valence-electron chi connectivity index (χ1n) is 5.63. The van der Waals surface area contributed by atoms with E-state index in [1.807, 2.05) is 0 Å². The molecule has 1 aliphatic rings. The average molecular weight is 213 g/mol. The molecule has 0 aromatic rings. The van der Waals surface area contributed by atoms with Crippen LogP contribution in [0, 0.1) is 5.92 Å². The standard InChI is InChI=1S/C11H19NO3/c1-3-5-6-12-8-9(7-10(12)13)11(14)15-4-2/h9H,3-8H2,1-2H3. The number of likely N-dealkylation sites (tertiary alicyclic amines) is 1. The van der Waals surface area contributed by atoms with Gasteiger partial charge < -0.3 is 9.64 Å². The Kier molecular flexibility index (Phi) is 4.59.